The Bertz CT molecular complexity index is 2630. The van der Waals surface area contributed by atoms with E-state index in [0.29, 0.717) is 52.8 Å². The number of aromatic nitrogens is 6. The third kappa shape index (κ3) is 6.18. The van der Waals surface area contributed by atoms with Gasteiger partial charge in [0.15, 0.2) is 11.6 Å². The van der Waals surface area contributed by atoms with E-state index in [1.54, 1.807) is 24.4 Å². The van der Waals surface area contributed by atoms with Crippen molar-refractivity contribution in [3.63, 3.8) is 0 Å². The van der Waals surface area contributed by atoms with Crippen molar-refractivity contribution in [3.8, 4) is 28.8 Å². The molecular formula is C42H42FN9O4S. The van der Waals surface area contributed by atoms with Gasteiger partial charge in [-0.2, -0.15) is 18.4 Å². The Morgan fingerprint density at radius 2 is 1.65 bits per heavy atom. The lowest BCUT2D eigenvalue weighted by Gasteiger charge is -2.34. The molecule has 15 heteroatoms. The summed E-state index contributed by atoms with van der Waals surface area (Å²) in [5.41, 5.74) is 0.825. The summed E-state index contributed by atoms with van der Waals surface area (Å²) in [7, 11) is -3.93. The van der Waals surface area contributed by atoms with Gasteiger partial charge in [-0.15, -0.1) is 9.19 Å². The van der Waals surface area contributed by atoms with Crippen molar-refractivity contribution >= 4 is 37.5 Å². The van der Waals surface area contributed by atoms with E-state index in [1.807, 2.05) is 30.3 Å². The van der Waals surface area contributed by atoms with E-state index < -0.39 is 15.8 Å². The molecule has 2 atom stereocenters. The lowest BCUT2D eigenvalue weighted by molar-refractivity contribution is 0.108. The van der Waals surface area contributed by atoms with E-state index in [9.17, 15) is 8.42 Å². The zero-order valence-electron chi connectivity index (χ0n) is 31.3. The van der Waals surface area contributed by atoms with E-state index >= 15 is 4.39 Å². The molecule has 0 spiro atoms. The van der Waals surface area contributed by atoms with Crippen molar-refractivity contribution in [2.24, 2.45) is 0 Å². The van der Waals surface area contributed by atoms with Gasteiger partial charge in [-0.3, -0.25) is 9.88 Å². The maximum Gasteiger partial charge on any atom is 0.319 e. The monoisotopic (exact) mass is 787 g/mol. The summed E-state index contributed by atoms with van der Waals surface area (Å²) in [5.74, 6) is 1.72. The van der Waals surface area contributed by atoms with Crippen LogP contribution < -0.4 is 19.7 Å². The van der Waals surface area contributed by atoms with E-state index in [2.05, 4.69) is 25.2 Å². The Kier molecular flexibility index (Phi) is 8.23. The van der Waals surface area contributed by atoms with E-state index in [1.165, 1.54) is 18.5 Å². The van der Waals surface area contributed by atoms with Gasteiger partial charge in [0.1, 0.15) is 41.5 Å². The van der Waals surface area contributed by atoms with Crippen LogP contribution in [0.4, 0.5) is 10.2 Å². The van der Waals surface area contributed by atoms with E-state index in [-0.39, 0.29) is 33.6 Å². The molecule has 4 saturated heterocycles. The van der Waals surface area contributed by atoms with E-state index in [4.69, 9.17) is 24.4 Å². The lowest BCUT2D eigenvalue weighted by atomic mass is 9.95. The van der Waals surface area contributed by atoms with Crippen molar-refractivity contribution in [2.75, 3.05) is 37.7 Å². The first-order valence-corrected chi connectivity index (χ1v) is 21.5. The van der Waals surface area contributed by atoms with Gasteiger partial charge in [0.25, 0.3) is 10.0 Å². The van der Waals surface area contributed by atoms with Crippen LogP contribution in [0.15, 0.2) is 78.1 Å². The number of pyridine rings is 1. The maximum absolute atomic E-state index is 17.3. The van der Waals surface area contributed by atoms with Crippen molar-refractivity contribution in [1.29, 1.82) is 0 Å². The van der Waals surface area contributed by atoms with Gasteiger partial charge >= 0.3 is 6.01 Å². The van der Waals surface area contributed by atoms with Gasteiger partial charge in [-0.25, -0.2) is 9.37 Å². The van der Waals surface area contributed by atoms with Crippen LogP contribution in [0.3, 0.4) is 0 Å². The molecule has 0 unspecified atom stereocenters. The fraction of sp³-hybridized carbons (Fsp3) is 0.405. The van der Waals surface area contributed by atoms with Crippen LogP contribution in [-0.2, 0) is 10.0 Å². The van der Waals surface area contributed by atoms with Crippen LogP contribution in [-0.4, -0.2) is 92.8 Å². The third-order valence-electron chi connectivity index (χ3n) is 12.6. The number of nitrogens with zero attached hydrogens (tertiary/aromatic N) is 8. The summed E-state index contributed by atoms with van der Waals surface area (Å²) in [6.07, 6.45) is 11.5. The number of ether oxygens (including phenoxy) is 2. The van der Waals surface area contributed by atoms with Crippen molar-refractivity contribution < 1.29 is 22.3 Å². The Labute approximate surface area is 329 Å². The zero-order chi connectivity index (χ0) is 38.3. The summed E-state index contributed by atoms with van der Waals surface area (Å²) < 4.78 is 57.6. The molecule has 3 aromatic carbocycles. The van der Waals surface area contributed by atoms with Crippen molar-refractivity contribution in [1.82, 2.24) is 39.3 Å². The fourth-order valence-electron chi connectivity index (χ4n) is 9.51. The number of piperazine rings is 1. The normalized spacial score (nSPS) is 21.7. The van der Waals surface area contributed by atoms with Crippen LogP contribution in [0.25, 0.3) is 32.9 Å². The van der Waals surface area contributed by atoms with Gasteiger partial charge < -0.3 is 19.7 Å². The van der Waals surface area contributed by atoms with E-state index in [0.717, 1.165) is 92.4 Å². The molecule has 6 aromatic rings. The number of benzene rings is 3. The first-order valence-electron chi connectivity index (χ1n) is 20.0. The zero-order valence-corrected chi connectivity index (χ0v) is 32.2. The van der Waals surface area contributed by atoms with Crippen molar-refractivity contribution in [2.45, 2.75) is 79.8 Å². The second kappa shape index (κ2) is 13.4. The Hall–Kier alpha value is -5.25. The minimum atomic E-state index is -3.93. The largest absolute Gasteiger partial charge is 0.461 e. The molecule has 5 fully saturated rings. The molecule has 1 saturated carbocycles. The molecule has 1 aliphatic carbocycles. The molecule has 7 heterocycles. The molecule has 13 nitrogen and oxygen atoms in total. The van der Waals surface area contributed by atoms with Gasteiger partial charge in [-0.1, -0.05) is 24.3 Å². The molecule has 1 N–H and O–H groups in total. The minimum Gasteiger partial charge on any atom is -0.461 e. The number of rotatable bonds is 10. The highest BCUT2D eigenvalue weighted by atomic mass is 32.2. The van der Waals surface area contributed by atoms with Crippen LogP contribution >= 0.6 is 0 Å². The number of anilines is 1. The molecule has 0 amide bonds. The molecule has 3 aromatic heterocycles. The molecule has 0 radical (unpaired) electrons. The van der Waals surface area contributed by atoms with Gasteiger partial charge in [-0.05, 0) is 112 Å². The molecular weight excluding hydrogens is 746 g/mol. The third-order valence-corrected chi connectivity index (χ3v) is 14.1. The highest BCUT2D eigenvalue weighted by Crippen LogP contribution is 2.42. The summed E-state index contributed by atoms with van der Waals surface area (Å²) in [6, 6.07) is 18.4. The van der Waals surface area contributed by atoms with Gasteiger partial charge in [0.05, 0.1) is 15.8 Å². The summed E-state index contributed by atoms with van der Waals surface area (Å²) in [5, 5.41) is 10.1. The average Bonchev–Trinajstić information content (AvgIpc) is 3.49. The SMILES string of the molecule is O=S(=O)(c1ccc(Oc2cc(-c3ncc4c(N5C[C@H]6CC[C@@H](C5)N6)nc(OCC56CCCN5CCC6)nc4c3F)c3ccccc3c2)cc1)n1cnc(C2CC2)n1. The predicted molar refractivity (Wildman–Crippen MR) is 212 cm³/mol. The van der Waals surface area contributed by atoms with Crippen molar-refractivity contribution in [3.05, 3.63) is 84.8 Å². The summed E-state index contributed by atoms with van der Waals surface area (Å²) >= 11 is 0. The number of hydrogen-bond donors (Lipinski definition) is 1. The van der Waals surface area contributed by atoms with Crippen LogP contribution in [0, 0.1) is 5.82 Å². The highest BCUT2D eigenvalue weighted by molar-refractivity contribution is 7.89. The van der Waals surface area contributed by atoms with Crippen LogP contribution in [0.1, 0.15) is 63.1 Å². The average molecular weight is 788 g/mol. The number of halogens is 1. The minimum absolute atomic E-state index is 0.0145. The standard InChI is InChI=1S/C42H42FN9O4S/c43-36-37(44-21-35-38(36)47-41(55-24-42-15-3-17-51(42)18-4-16-42)48-40(35)50-22-28-9-10-29(23-50)46-28)34-20-31(19-27-5-1-2-6-33(27)34)56-30-11-13-32(14-12-30)57(53,54)52-25-45-39(49-52)26-7-8-26/h1-2,5-6,11-14,19-21,25-26,28-29,46H,3-4,7-10,15-18,22-24H2/t28-,29+. The molecule has 292 valence electrons. The predicted octanol–water partition coefficient (Wildman–Crippen LogP) is 6.43. The Balaban J connectivity index is 0.948. The van der Waals surface area contributed by atoms with Gasteiger partial charge in [0.2, 0.25) is 0 Å². The highest BCUT2D eigenvalue weighted by Gasteiger charge is 2.45. The smallest absolute Gasteiger partial charge is 0.319 e. The second-order valence-corrected chi connectivity index (χ2v) is 18.1. The summed E-state index contributed by atoms with van der Waals surface area (Å²) in [6.45, 7) is 4.16. The molecule has 5 aliphatic rings. The number of fused-ring (bicyclic) bond motifs is 5. The number of hydrogen-bond acceptors (Lipinski definition) is 12. The first kappa shape index (κ1) is 35.0. The quantitative estimate of drug-likeness (QED) is 0.164. The fourth-order valence-corrected chi connectivity index (χ4v) is 10.6. The Morgan fingerprint density at radius 3 is 2.42 bits per heavy atom. The second-order valence-electron chi connectivity index (χ2n) is 16.3. The topological polar surface area (TPSA) is 140 Å². The number of nitrogens with one attached hydrogen (secondary N) is 1. The molecule has 57 heavy (non-hydrogen) atoms. The maximum atomic E-state index is 17.3. The van der Waals surface area contributed by atoms with Crippen LogP contribution in [0.2, 0.25) is 0 Å². The summed E-state index contributed by atoms with van der Waals surface area (Å²) in [4.78, 5) is 23.5. The lowest BCUT2D eigenvalue weighted by Crippen LogP contribution is -2.51. The first-order chi connectivity index (χ1) is 27.8. The Morgan fingerprint density at radius 1 is 0.877 bits per heavy atom. The van der Waals surface area contributed by atoms with Gasteiger partial charge in [0, 0.05) is 42.9 Å². The molecule has 4 aliphatic heterocycles. The molecule has 11 rings (SSSR count). The molecule has 2 bridgehead atoms. The van der Waals surface area contributed by atoms with Crippen LogP contribution in [0.5, 0.6) is 17.5 Å².